The summed E-state index contributed by atoms with van der Waals surface area (Å²) < 4.78 is 0. The molecule has 2 aliphatic heterocycles. The predicted molar refractivity (Wildman–Crippen MR) is 132 cm³/mol. The lowest BCUT2D eigenvalue weighted by Crippen LogP contribution is -2.35. The molecule has 0 fully saturated rings. The molecule has 174 valence electrons. The van der Waals surface area contributed by atoms with E-state index in [1.54, 1.807) is 0 Å². The summed E-state index contributed by atoms with van der Waals surface area (Å²) in [7, 11) is 0. The van der Waals surface area contributed by atoms with Crippen LogP contribution < -0.4 is 5.32 Å². The van der Waals surface area contributed by atoms with Crippen LogP contribution >= 0.6 is 0 Å². The summed E-state index contributed by atoms with van der Waals surface area (Å²) in [5, 5.41) is 3.48. The Morgan fingerprint density at radius 2 is 1.78 bits per heavy atom. The van der Waals surface area contributed by atoms with Gasteiger partial charge in [0.15, 0.2) is 0 Å². The van der Waals surface area contributed by atoms with Gasteiger partial charge in [0.05, 0.1) is 17.3 Å². The summed E-state index contributed by atoms with van der Waals surface area (Å²) in [4.78, 5) is 32.8. The zero-order chi connectivity index (χ0) is 23.7. The van der Waals surface area contributed by atoms with Crippen molar-refractivity contribution < 1.29 is 9.59 Å². The molecule has 3 rings (SSSR count). The number of carbonyl (C=O) groups is 2. The summed E-state index contributed by atoms with van der Waals surface area (Å²) in [6.07, 6.45) is 4.98. The zero-order valence-electron chi connectivity index (χ0n) is 21.1. The standard InChI is InChI=1S/C27H39N3O2/c1-15(2)24(31)10-9-23-17(5)18(6)25-26(19(23)7)29-14-22-13-21(11-12-28-16(3)4)20(8)30(22)27(25)32/h14-16,22,28H,9-13H2,1-8H3/t22-/m0/s1. The number of aliphatic imine (C=N–C) groups is 1. The molecule has 1 N–H and O–H groups in total. The quantitative estimate of drug-likeness (QED) is 0.595. The fourth-order valence-electron chi connectivity index (χ4n) is 4.95. The Hall–Kier alpha value is -2.27. The van der Waals surface area contributed by atoms with E-state index in [0.717, 1.165) is 58.6 Å². The third-order valence-electron chi connectivity index (χ3n) is 7.15. The molecule has 0 saturated carbocycles. The number of benzene rings is 1. The van der Waals surface area contributed by atoms with Gasteiger partial charge < -0.3 is 10.2 Å². The lowest BCUT2D eigenvalue weighted by molar-refractivity contribution is -0.121. The van der Waals surface area contributed by atoms with Crippen LogP contribution in [-0.2, 0) is 11.2 Å². The maximum absolute atomic E-state index is 13.8. The van der Waals surface area contributed by atoms with Gasteiger partial charge in [0.2, 0.25) is 0 Å². The Labute approximate surface area is 193 Å². The number of allylic oxidation sites excluding steroid dienone is 1. The topological polar surface area (TPSA) is 61.8 Å². The van der Waals surface area contributed by atoms with E-state index in [4.69, 9.17) is 4.99 Å². The first kappa shape index (κ1) is 24.4. The first-order valence-corrected chi connectivity index (χ1v) is 12.0. The highest BCUT2D eigenvalue weighted by Gasteiger charge is 2.37. The van der Waals surface area contributed by atoms with Gasteiger partial charge in [-0.1, -0.05) is 27.7 Å². The molecule has 32 heavy (non-hydrogen) atoms. The smallest absolute Gasteiger partial charge is 0.261 e. The number of rotatable bonds is 8. The van der Waals surface area contributed by atoms with Crippen molar-refractivity contribution in [2.24, 2.45) is 10.9 Å². The van der Waals surface area contributed by atoms with Gasteiger partial charge in [-0.05, 0) is 81.3 Å². The van der Waals surface area contributed by atoms with Crippen LogP contribution in [0.2, 0.25) is 0 Å². The van der Waals surface area contributed by atoms with Crippen LogP contribution in [0.4, 0.5) is 5.69 Å². The molecule has 0 radical (unpaired) electrons. The maximum Gasteiger partial charge on any atom is 0.261 e. The van der Waals surface area contributed by atoms with Crippen molar-refractivity contribution in [1.82, 2.24) is 10.2 Å². The van der Waals surface area contributed by atoms with Crippen LogP contribution in [0.3, 0.4) is 0 Å². The number of amides is 1. The van der Waals surface area contributed by atoms with Crippen molar-refractivity contribution >= 4 is 23.6 Å². The van der Waals surface area contributed by atoms with Crippen LogP contribution in [-0.4, -0.2) is 41.4 Å². The number of hydrogen-bond acceptors (Lipinski definition) is 4. The molecule has 0 unspecified atom stereocenters. The SMILES string of the molecule is CC1=C(CCNC(C)C)C[C@H]2C=Nc3c(C)c(CCC(=O)C(C)C)c(C)c(C)c3C(=O)N12. The third kappa shape index (κ3) is 4.59. The normalized spacial score (nSPS) is 18.0. The molecule has 0 aliphatic carbocycles. The summed E-state index contributed by atoms with van der Waals surface area (Å²) in [5.74, 6) is 0.376. The Bertz CT molecular complexity index is 985. The van der Waals surface area contributed by atoms with Crippen LogP contribution in [0, 0.1) is 26.7 Å². The van der Waals surface area contributed by atoms with Crippen LogP contribution in [0.1, 0.15) is 86.5 Å². The molecule has 1 aromatic carbocycles. The minimum atomic E-state index is -0.0194. The van der Waals surface area contributed by atoms with Gasteiger partial charge in [-0.3, -0.25) is 14.6 Å². The molecular weight excluding hydrogens is 398 g/mol. The number of fused-ring (bicyclic) bond motifs is 2. The fraction of sp³-hybridized carbons (Fsp3) is 0.593. The van der Waals surface area contributed by atoms with Gasteiger partial charge >= 0.3 is 0 Å². The van der Waals surface area contributed by atoms with Crippen molar-refractivity contribution in [1.29, 1.82) is 0 Å². The highest BCUT2D eigenvalue weighted by molar-refractivity contribution is 6.06. The van der Waals surface area contributed by atoms with E-state index in [1.807, 2.05) is 38.8 Å². The number of ketones is 1. The molecule has 0 aromatic heterocycles. The van der Waals surface area contributed by atoms with E-state index in [0.29, 0.717) is 18.9 Å². The van der Waals surface area contributed by atoms with E-state index in [1.165, 1.54) is 5.57 Å². The molecular formula is C27H39N3O2. The molecule has 0 bridgehead atoms. The second-order valence-corrected chi connectivity index (χ2v) is 9.97. The van der Waals surface area contributed by atoms with Crippen molar-refractivity contribution in [3.05, 3.63) is 39.1 Å². The van der Waals surface area contributed by atoms with Gasteiger partial charge in [0, 0.05) is 30.3 Å². The molecule has 0 spiro atoms. The van der Waals surface area contributed by atoms with Crippen molar-refractivity contribution in [3.63, 3.8) is 0 Å². The maximum atomic E-state index is 13.8. The first-order chi connectivity index (χ1) is 15.0. The van der Waals surface area contributed by atoms with Crippen LogP contribution in [0.15, 0.2) is 16.3 Å². The first-order valence-electron chi connectivity index (χ1n) is 12.0. The fourth-order valence-corrected chi connectivity index (χ4v) is 4.95. The number of carbonyl (C=O) groups excluding carboxylic acids is 2. The van der Waals surface area contributed by atoms with E-state index < -0.39 is 0 Å². The van der Waals surface area contributed by atoms with Crippen molar-refractivity contribution in [2.45, 2.75) is 93.2 Å². The number of hydrogen-bond donors (Lipinski definition) is 1. The Kier molecular flexibility index (Phi) is 7.39. The summed E-state index contributed by atoms with van der Waals surface area (Å²) in [5.41, 5.74) is 8.22. The summed E-state index contributed by atoms with van der Waals surface area (Å²) in [6, 6.07) is 0.436. The van der Waals surface area contributed by atoms with Gasteiger partial charge in [-0.25, -0.2) is 0 Å². The van der Waals surface area contributed by atoms with E-state index in [-0.39, 0.29) is 23.7 Å². The van der Waals surface area contributed by atoms with Gasteiger partial charge in [-0.15, -0.1) is 0 Å². The van der Waals surface area contributed by atoms with E-state index in [2.05, 4.69) is 33.0 Å². The average molecular weight is 438 g/mol. The summed E-state index contributed by atoms with van der Waals surface area (Å²) in [6.45, 7) is 17.3. The van der Waals surface area contributed by atoms with E-state index >= 15 is 0 Å². The highest BCUT2D eigenvalue weighted by Crippen LogP contribution is 2.40. The minimum absolute atomic E-state index is 0.0194. The zero-order valence-corrected chi connectivity index (χ0v) is 21.1. The largest absolute Gasteiger partial charge is 0.314 e. The average Bonchev–Trinajstić information content (AvgIpc) is 2.95. The Morgan fingerprint density at radius 3 is 2.41 bits per heavy atom. The minimum Gasteiger partial charge on any atom is -0.314 e. The van der Waals surface area contributed by atoms with Crippen LogP contribution in [0.25, 0.3) is 0 Å². The van der Waals surface area contributed by atoms with E-state index in [9.17, 15) is 9.59 Å². The highest BCUT2D eigenvalue weighted by atomic mass is 16.2. The lowest BCUT2D eigenvalue weighted by atomic mass is 9.87. The number of nitrogens with one attached hydrogen (secondary N) is 1. The molecule has 1 aromatic rings. The van der Waals surface area contributed by atoms with Crippen molar-refractivity contribution in [2.75, 3.05) is 6.54 Å². The molecule has 2 aliphatic rings. The van der Waals surface area contributed by atoms with Crippen LogP contribution in [0.5, 0.6) is 0 Å². The number of nitrogens with zero attached hydrogens (tertiary/aromatic N) is 2. The predicted octanol–water partition coefficient (Wildman–Crippen LogP) is 5.36. The monoisotopic (exact) mass is 437 g/mol. The number of Topliss-reactive ketones (excluding diaryl/α,β-unsaturated/α-hetero) is 1. The third-order valence-corrected chi connectivity index (χ3v) is 7.15. The van der Waals surface area contributed by atoms with Crippen molar-refractivity contribution in [3.8, 4) is 0 Å². The molecule has 2 heterocycles. The molecule has 5 nitrogen and oxygen atoms in total. The molecule has 0 saturated heterocycles. The van der Waals surface area contributed by atoms with Gasteiger partial charge in [0.1, 0.15) is 5.78 Å². The van der Waals surface area contributed by atoms with Gasteiger partial charge in [-0.2, -0.15) is 0 Å². The second-order valence-electron chi connectivity index (χ2n) is 9.97. The molecule has 1 amide bonds. The Balaban J connectivity index is 1.95. The summed E-state index contributed by atoms with van der Waals surface area (Å²) >= 11 is 0. The van der Waals surface area contributed by atoms with Gasteiger partial charge in [0.25, 0.3) is 5.91 Å². The molecule has 1 atom stereocenters. The second kappa shape index (κ2) is 9.70. The lowest BCUT2D eigenvalue weighted by Gasteiger charge is -2.25. The Morgan fingerprint density at radius 1 is 1.09 bits per heavy atom. The molecule has 5 heteroatoms.